The van der Waals surface area contributed by atoms with Crippen LogP contribution < -0.4 is 5.32 Å². The molecule has 0 saturated heterocycles. The molecule has 0 bridgehead atoms. The van der Waals surface area contributed by atoms with E-state index in [1.807, 2.05) is 12.1 Å². The van der Waals surface area contributed by atoms with E-state index in [9.17, 15) is 0 Å². The van der Waals surface area contributed by atoms with Crippen LogP contribution in [-0.2, 0) is 0 Å². The molecule has 0 aromatic carbocycles. The van der Waals surface area contributed by atoms with Crippen molar-refractivity contribution in [1.82, 2.24) is 15.0 Å². The topological polar surface area (TPSA) is 50.7 Å². The Hall–Kier alpha value is -1.71. The fraction of sp³-hybridized carbons (Fsp3) is 0.500. The van der Waals surface area contributed by atoms with E-state index in [0.717, 1.165) is 17.3 Å². The highest BCUT2D eigenvalue weighted by Gasteiger charge is 2.29. The van der Waals surface area contributed by atoms with Crippen molar-refractivity contribution in [2.75, 3.05) is 5.32 Å². The van der Waals surface area contributed by atoms with Crippen LogP contribution in [0, 0.1) is 11.8 Å². The summed E-state index contributed by atoms with van der Waals surface area (Å²) in [4.78, 5) is 13.0. The molecule has 3 rings (SSSR count). The van der Waals surface area contributed by atoms with E-state index in [1.54, 1.807) is 12.4 Å². The van der Waals surface area contributed by atoms with Crippen molar-refractivity contribution in [2.45, 2.75) is 32.7 Å². The molecule has 1 aliphatic carbocycles. The maximum absolute atomic E-state index is 4.51. The zero-order valence-electron chi connectivity index (χ0n) is 10.8. The lowest BCUT2D eigenvalue weighted by Gasteiger charge is -2.20. The minimum Gasteiger partial charge on any atom is -0.367 e. The third-order valence-corrected chi connectivity index (χ3v) is 4.13. The number of fused-ring (bicyclic) bond motifs is 1. The van der Waals surface area contributed by atoms with Gasteiger partial charge < -0.3 is 5.32 Å². The maximum Gasteiger partial charge on any atom is 0.180 e. The number of nitrogens with zero attached hydrogens (tertiary/aromatic N) is 3. The highest BCUT2D eigenvalue weighted by Crippen LogP contribution is 2.32. The second-order valence-electron chi connectivity index (χ2n) is 5.26. The van der Waals surface area contributed by atoms with Gasteiger partial charge in [0.25, 0.3) is 0 Å². The normalized spacial score (nSPS) is 27.6. The first-order chi connectivity index (χ1) is 8.74. The first kappa shape index (κ1) is 11.4. The highest BCUT2D eigenvalue weighted by atomic mass is 15.0. The van der Waals surface area contributed by atoms with Gasteiger partial charge in [0.05, 0.1) is 0 Å². The molecule has 1 saturated carbocycles. The lowest BCUT2D eigenvalue weighted by molar-refractivity contribution is 0.435. The van der Waals surface area contributed by atoms with Crippen LogP contribution in [0.25, 0.3) is 11.2 Å². The van der Waals surface area contributed by atoms with Gasteiger partial charge in [-0.2, -0.15) is 0 Å². The van der Waals surface area contributed by atoms with Crippen LogP contribution in [0.3, 0.4) is 0 Å². The van der Waals surface area contributed by atoms with E-state index in [0.29, 0.717) is 17.6 Å². The van der Waals surface area contributed by atoms with E-state index in [2.05, 4.69) is 34.1 Å². The molecule has 1 N–H and O–H groups in total. The standard InChI is InChI=1S/C14H18N4/c1-9-3-4-11(10(9)2)17-13-6-5-12-14(18-13)16-8-7-15-12/h5-11H,3-4H2,1-2H3,(H,16,17,18). The second kappa shape index (κ2) is 4.52. The Labute approximate surface area is 107 Å². The highest BCUT2D eigenvalue weighted by molar-refractivity contribution is 5.71. The Kier molecular flexibility index (Phi) is 2.86. The van der Waals surface area contributed by atoms with Gasteiger partial charge in [-0.15, -0.1) is 0 Å². The third-order valence-electron chi connectivity index (χ3n) is 4.13. The summed E-state index contributed by atoms with van der Waals surface area (Å²) in [5.41, 5.74) is 1.55. The molecule has 4 heteroatoms. The molecule has 1 fully saturated rings. The number of pyridine rings is 1. The van der Waals surface area contributed by atoms with Crippen LogP contribution in [0.15, 0.2) is 24.5 Å². The molecular weight excluding hydrogens is 224 g/mol. The van der Waals surface area contributed by atoms with Crippen molar-refractivity contribution in [3.05, 3.63) is 24.5 Å². The van der Waals surface area contributed by atoms with Crippen molar-refractivity contribution in [3.63, 3.8) is 0 Å². The Balaban J connectivity index is 1.82. The molecule has 94 valence electrons. The van der Waals surface area contributed by atoms with Crippen LogP contribution in [0.4, 0.5) is 5.82 Å². The van der Waals surface area contributed by atoms with Crippen molar-refractivity contribution in [2.24, 2.45) is 11.8 Å². The van der Waals surface area contributed by atoms with Gasteiger partial charge in [-0.1, -0.05) is 13.8 Å². The van der Waals surface area contributed by atoms with Crippen LogP contribution >= 0.6 is 0 Å². The Bertz CT molecular complexity index is 554. The molecule has 3 atom stereocenters. The molecule has 0 amide bonds. The molecule has 1 aliphatic rings. The quantitative estimate of drug-likeness (QED) is 0.879. The van der Waals surface area contributed by atoms with Gasteiger partial charge in [-0.05, 0) is 36.8 Å². The Morgan fingerprint density at radius 1 is 1.11 bits per heavy atom. The summed E-state index contributed by atoms with van der Waals surface area (Å²) in [5.74, 6) is 2.40. The summed E-state index contributed by atoms with van der Waals surface area (Å²) in [6, 6.07) is 4.49. The molecule has 2 aromatic heterocycles. The van der Waals surface area contributed by atoms with Gasteiger partial charge in [0.2, 0.25) is 0 Å². The van der Waals surface area contributed by atoms with Gasteiger partial charge in [0, 0.05) is 18.4 Å². The number of anilines is 1. The molecule has 0 radical (unpaired) electrons. The molecule has 4 nitrogen and oxygen atoms in total. The number of hydrogen-bond donors (Lipinski definition) is 1. The summed E-state index contributed by atoms with van der Waals surface area (Å²) >= 11 is 0. The van der Waals surface area contributed by atoms with Gasteiger partial charge in [-0.25, -0.2) is 9.97 Å². The summed E-state index contributed by atoms with van der Waals surface area (Å²) in [6.07, 6.45) is 5.89. The minimum atomic E-state index is 0.529. The van der Waals surface area contributed by atoms with Gasteiger partial charge in [0.15, 0.2) is 5.65 Å². The van der Waals surface area contributed by atoms with E-state index < -0.39 is 0 Å². The molecule has 2 aromatic rings. The third kappa shape index (κ3) is 2.03. The number of hydrogen-bond acceptors (Lipinski definition) is 4. The van der Waals surface area contributed by atoms with E-state index >= 15 is 0 Å². The van der Waals surface area contributed by atoms with E-state index in [-0.39, 0.29) is 0 Å². The zero-order chi connectivity index (χ0) is 12.5. The fourth-order valence-corrected chi connectivity index (χ4v) is 2.69. The molecule has 2 heterocycles. The van der Waals surface area contributed by atoms with Crippen LogP contribution in [0.1, 0.15) is 26.7 Å². The van der Waals surface area contributed by atoms with Crippen LogP contribution in [0.5, 0.6) is 0 Å². The monoisotopic (exact) mass is 242 g/mol. The molecular formula is C14H18N4. The summed E-state index contributed by atoms with van der Waals surface area (Å²) in [7, 11) is 0. The summed E-state index contributed by atoms with van der Waals surface area (Å²) < 4.78 is 0. The lowest BCUT2D eigenvalue weighted by atomic mass is 9.98. The number of nitrogens with one attached hydrogen (secondary N) is 1. The molecule has 0 spiro atoms. The number of aromatic nitrogens is 3. The molecule has 18 heavy (non-hydrogen) atoms. The first-order valence-corrected chi connectivity index (χ1v) is 6.58. The molecule has 0 aliphatic heterocycles. The van der Waals surface area contributed by atoms with Crippen molar-refractivity contribution in [1.29, 1.82) is 0 Å². The predicted octanol–water partition coefficient (Wildman–Crippen LogP) is 2.87. The van der Waals surface area contributed by atoms with Crippen molar-refractivity contribution in [3.8, 4) is 0 Å². The SMILES string of the molecule is CC1CCC(Nc2ccc3nccnc3n2)C1C. The van der Waals surface area contributed by atoms with Crippen LogP contribution in [0.2, 0.25) is 0 Å². The maximum atomic E-state index is 4.51. The number of rotatable bonds is 2. The summed E-state index contributed by atoms with van der Waals surface area (Å²) in [5, 5.41) is 3.53. The fourth-order valence-electron chi connectivity index (χ4n) is 2.69. The second-order valence-corrected chi connectivity index (χ2v) is 5.26. The van der Waals surface area contributed by atoms with Gasteiger partial charge in [-0.3, -0.25) is 4.98 Å². The zero-order valence-corrected chi connectivity index (χ0v) is 10.8. The van der Waals surface area contributed by atoms with E-state index in [1.165, 1.54) is 12.8 Å². The first-order valence-electron chi connectivity index (χ1n) is 6.58. The lowest BCUT2D eigenvalue weighted by Crippen LogP contribution is -2.24. The Morgan fingerprint density at radius 2 is 1.94 bits per heavy atom. The smallest absolute Gasteiger partial charge is 0.180 e. The van der Waals surface area contributed by atoms with Gasteiger partial charge >= 0.3 is 0 Å². The Morgan fingerprint density at radius 3 is 2.72 bits per heavy atom. The largest absolute Gasteiger partial charge is 0.367 e. The van der Waals surface area contributed by atoms with Crippen molar-refractivity contribution >= 4 is 17.0 Å². The van der Waals surface area contributed by atoms with Gasteiger partial charge in [0.1, 0.15) is 11.3 Å². The van der Waals surface area contributed by atoms with Crippen molar-refractivity contribution < 1.29 is 0 Å². The minimum absolute atomic E-state index is 0.529. The summed E-state index contributed by atoms with van der Waals surface area (Å²) in [6.45, 7) is 4.64. The van der Waals surface area contributed by atoms with Crippen LogP contribution in [-0.4, -0.2) is 21.0 Å². The average Bonchev–Trinajstić information content (AvgIpc) is 2.71. The van der Waals surface area contributed by atoms with E-state index in [4.69, 9.17) is 0 Å². The predicted molar refractivity (Wildman–Crippen MR) is 72.3 cm³/mol. The average molecular weight is 242 g/mol. The molecule has 3 unspecified atom stereocenters.